The molecule has 2 rings (SSSR count). The van der Waals surface area contributed by atoms with Gasteiger partial charge in [-0.3, -0.25) is 4.79 Å². The van der Waals surface area contributed by atoms with Crippen LogP contribution in [0.1, 0.15) is 44.9 Å². The Morgan fingerprint density at radius 1 is 1.36 bits per heavy atom. The quantitative estimate of drug-likeness (QED) is 0.713. The standard InChI is InChI=1S/C15H23NO4S2/c1-16(22(18,19)15-10-6-12-21-15)11-5-9-14(17)20-13-7-3-2-4-8-13/h6,10,12-13H,2-5,7-9,11H2,1H3. The zero-order chi connectivity index (χ0) is 16.0. The average Bonchev–Trinajstić information content (AvgIpc) is 3.03. The molecule has 0 spiro atoms. The van der Waals surface area contributed by atoms with E-state index in [2.05, 4.69) is 0 Å². The number of rotatable bonds is 7. The van der Waals surface area contributed by atoms with Crippen molar-refractivity contribution >= 4 is 27.3 Å². The van der Waals surface area contributed by atoms with E-state index in [0.717, 1.165) is 25.7 Å². The van der Waals surface area contributed by atoms with Crippen molar-refractivity contribution in [3.63, 3.8) is 0 Å². The van der Waals surface area contributed by atoms with Gasteiger partial charge in [-0.25, -0.2) is 12.7 Å². The zero-order valence-electron chi connectivity index (χ0n) is 12.9. The van der Waals surface area contributed by atoms with Crippen LogP contribution in [0.2, 0.25) is 0 Å². The van der Waals surface area contributed by atoms with Gasteiger partial charge in [0.25, 0.3) is 10.0 Å². The molecule has 0 saturated heterocycles. The van der Waals surface area contributed by atoms with Gasteiger partial charge in [-0.15, -0.1) is 11.3 Å². The maximum absolute atomic E-state index is 12.2. The van der Waals surface area contributed by atoms with Gasteiger partial charge in [0.2, 0.25) is 0 Å². The number of carbonyl (C=O) groups is 1. The Morgan fingerprint density at radius 2 is 2.09 bits per heavy atom. The van der Waals surface area contributed by atoms with E-state index in [0.29, 0.717) is 17.2 Å². The Balaban J connectivity index is 1.72. The first-order valence-electron chi connectivity index (χ1n) is 7.69. The number of esters is 1. The molecule has 0 aromatic carbocycles. The fourth-order valence-corrected chi connectivity index (χ4v) is 4.97. The topological polar surface area (TPSA) is 63.7 Å². The highest BCUT2D eigenvalue weighted by Crippen LogP contribution is 2.22. The molecule has 1 fully saturated rings. The van der Waals surface area contributed by atoms with Crippen molar-refractivity contribution in [2.24, 2.45) is 0 Å². The van der Waals surface area contributed by atoms with Gasteiger partial charge in [-0.1, -0.05) is 12.5 Å². The molecule has 0 aliphatic heterocycles. The van der Waals surface area contributed by atoms with E-state index < -0.39 is 10.0 Å². The van der Waals surface area contributed by atoms with Crippen molar-refractivity contribution in [1.82, 2.24) is 4.31 Å². The maximum Gasteiger partial charge on any atom is 0.306 e. The Morgan fingerprint density at radius 3 is 2.73 bits per heavy atom. The second-order valence-electron chi connectivity index (χ2n) is 5.61. The first-order valence-corrected chi connectivity index (χ1v) is 10.0. The van der Waals surface area contributed by atoms with Gasteiger partial charge in [-0.05, 0) is 43.6 Å². The minimum atomic E-state index is -3.42. The van der Waals surface area contributed by atoms with Crippen LogP contribution in [0, 0.1) is 0 Å². The van der Waals surface area contributed by atoms with Crippen molar-refractivity contribution in [2.45, 2.75) is 55.3 Å². The van der Waals surface area contributed by atoms with Crippen molar-refractivity contribution in [3.05, 3.63) is 17.5 Å². The molecule has 0 unspecified atom stereocenters. The number of hydrogen-bond acceptors (Lipinski definition) is 5. The summed E-state index contributed by atoms with van der Waals surface area (Å²) in [5, 5.41) is 1.74. The molecule has 5 nitrogen and oxygen atoms in total. The lowest BCUT2D eigenvalue weighted by Gasteiger charge is -2.22. The Bertz CT molecular complexity index is 562. The largest absolute Gasteiger partial charge is 0.462 e. The van der Waals surface area contributed by atoms with Crippen LogP contribution >= 0.6 is 11.3 Å². The third-order valence-corrected chi connectivity index (χ3v) is 7.09. The lowest BCUT2D eigenvalue weighted by atomic mass is 9.98. The molecule has 7 heteroatoms. The van der Waals surface area contributed by atoms with Crippen LogP contribution < -0.4 is 0 Å². The number of ether oxygens (including phenoxy) is 1. The highest BCUT2D eigenvalue weighted by Gasteiger charge is 2.22. The molecule has 0 atom stereocenters. The Kier molecular flexibility index (Phi) is 6.40. The van der Waals surface area contributed by atoms with Crippen LogP contribution in [-0.2, 0) is 19.6 Å². The van der Waals surface area contributed by atoms with E-state index in [1.165, 1.54) is 22.1 Å². The third-order valence-electron chi connectivity index (χ3n) is 3.86. The van der Waals surface area contributed by atoms with Crippen molar-refractivity contribution in [2.75, 3.05) is 13.6 Å². The minimum absolute atomic E-state index is 0.0637. The third kappa shape index (κ3) is 4.79. The summed E-state index contributed by atoms with van der Waals surface area (Å²) in [5.74, 6) is -0.214. The molecular weight excluding hydrogens is 322 g/mol. The monoisotopic (exact) mass is 345 g/mol. The van der Waals surface area contributed by atoms with E-state index in [-0.39, 0.29) is 18.5 Å². The first-order chi connectivity index (χ1) is 10.5. The van der Waals surface area contributed by atoms with E-state index in [9.17, 15) is 13.2 Å². The van der Waals surface area contributed by atoms with E-state index in [4.69, 9.17) is 4.74 Å². The number of thiophene rings is 1. The molecule has 1 aromatic heterocycles. The summed E-state index contributed by atoms with van der Waals surface area (Å²) in [6.45, 7) is 0.319. The molecule has 1 aliphatic carbocycles. The molecule has 0 amide bonds. The highest BCUT2D eigenvalue weighted by molar-refractivity contribution is 7.91. The van der Waals surface area contributed by atoms with Gasteiger partial charge in [0.15, 0.2) is 0 Å². The molecule has 1 aromatic rings. The van der Waals surface area contributed by atoms with Crippen LogP contribution in [-0.4, -0.2) is 38.4 Å². The van der Waals surface area contributed by atoms with Gasteiger partial charge < -0.3 is 4.74 Å². The maximum atomic E-state index is 12.2. The normalized spacial score (nSPS) is 16.8. The average molecular weight is 345 g/mol. The van der Waals surface area contributed by atoms with Crippen LogP contribution in [0.25, 0.3) is 0 Å². The lowest BCUT2D eigenvalue weighted by molar-refractivity contribution is -0.150. The molecule has 124 valence electrons. The fourth-order valence-electron chi connectivity index (χ4n) is 2.56. The van der Waals surface area contributed by atoms with Crippen molar-refractivity contribution < 1.29 is 17.9 Å². The van der Waals surface area contributed by atoms with Crippen LogP contribution in [0.15, 0.2) is 21.7 Å². The summed E-state index contributed by atoms with van der Waals surface area (Å²) >= 11 is 1.20. The van der Waals surface area contributed by atoms with Crippen LogP contribution in [0.3, 0.4) is 0 Å². The number of carbonyl (C=O) groups excluding carboxylic acids is 1. The predicted molar refractivity (Wildman–Crippen MR) is 86.3 cm³/mol. The second kappa shape index (κ2) is 8.08. The van der Waals surface area contributed by atoms with E-state index in [1.54, 1.807) is 24.6 Å². The highest BCUT2D eigenvalue weighted by atomic mass is 32.2. The zero-order valence-corrected chi connectivity index (χ0v) is 14.5. The van der Waals surface area contributed by atoms with Crippen LogP contribution in [0.4, 0.5) is 0 Å². The summed E-state index contributed by atoms with van der Waals surface area (Å²) < 4.78 is 31.5. The molecule has 1 aliphatic rings. The van der Waals surface area contributed by atoms with Crippen LogP contribution in [0.5, 0.6) is 0 Å². The molecule has 22 heavy (non-hydrogen) atoms. The first kappa shape index (κ1) is 17.4. The van der Waals surface area contributed by atoms with Gasteiger partial charge in [0, 0.05) is 20.0 Å². The molecule has 0 radical (unpaired) electrons. The van der Waals surface area contributed by atoms with E-state index in [1.807, 2.05) is 0 Å². The van der Waals surface area contributed by atoms with Gasteiger partial charge >= 0.3 is 5.97 Å². The molecule has 1 heterocycles. The minimum Gasteiger partial charge on any atom is -0.462 e. The molecular formula is C15H23NO4S2. The smallest absolute Gasteiger partial charge is 0.306 e. The lowest BCUT2D eigenvalue weighted by Crippen LogP contribution is -2.28. The van der Waals surface area contributed by atoms with Gasteiger partial charge in [0.05, 0.1) is 0 Å². The summed E-state index contributed by atoms with van der Waals surface area (Å²) in [6, 6.07) is 3.31. The summed E-state index contributed by atoms with van der Waals surface area (Å²) in [7, 11) is -1.88. The van der Waals surface area contributed by atoms with E-state index >= 15 is 0 Å². The predicted octanol–water partition coefficient (Wildman–Crippen LogP) is 3.02. The molecule has 0 bridgehead atoms. The van der Waals surface area contributed by atoms with Gasteiger partial charge in [0.1, 0.15) is 10.3 Å². The number of sulfonamides is 1. The Hall–Kier alpha value is -0.920. The van der Waals surface area contributed by atoms with Crippen molar-refractivity contribution in [3.8, 4) is 0 Å². The molecule has 1 saturated carbocycles. The van der Waals surface area contributed by atoms with Gasteiger partial charge in [-0.2, -0.15) is 0 Å². The second-order valence-corrected chi connectivity index (χ2v) is 8.83. The van der Waals surface area contributed by atoms with Crippen molar-refractivity contribution in [1.29, 1.82) is 0 Å². The Labute approximate surface area is 136 Å². The summed E-state index contributed by atoms with van der Waals surface area (Å²) in [5.41, 5.74) is 0. The molecule has 0 N–H and O–H groups in total. The summed E-state index contributed by atoms with van der Waals surface area (Å²) in [4.78, 5) is 11.8. The number of hydrogen-bond donors (Lipinski definition) is 0. The SMILES string of the molecule is CN(CCCC(=O)OC1CCCCC1)S(=O)(=O)c1cccs1. The fraction of sp³-hybridized carbons (Fsp3) is 0.667. The summed E-state index contributed by atoms with van der Waals surface area (Å²) in [6.07, 6.45) is 6.19. The number of nitrogens with zero attached hydrogens (tertiary/aromatic N) is 1.